The zero-order valence-electron chi connectivity index (χ0n) is 13.3. The Balaban J connectivity index is 1.99. The molecular weight excluding hydrogens is 338 g/mol. The predicted octanol–water partition coefficient (Wildman–Crippen LogP) is 3.14. The van der Waals surface area contributed by atoms with Crippen LogP contribution in [0.15, 0.2) is 60.2 Å². The van der Waals surface area contributed by atoms with Crippen LogP contribution in [0.2, 0.25) is 0 Å². The first-order chi connectivity index (χ1) is 12.0. The standard InChI is InChI=1S/C18H17N3O3S/c1-2-5-12-6-3-8-14(16(12)22)11-19-21-18(25)20-15-9-4-7-13(10-15)17(23)24/h2-4,6-11,22H,1,5H2,(H,23,24)(H2,20,21,25). The van der Waals surface area contributed by atoms with Gasteiger partial charge in [0, 0.05) is 11.3 Å². The molecule has 25 heavy (non-hydrogen) atoms. The minimum atomic E-state index is -1.02. The van der Waals surface area contributed by atoms with Gasteiger partial charge in [0.25, 0.3) is 0 Å². The number of phenols is 1. The molecule has 0 aromatic heterocycles. The van der Waals surface area contributed by atoms with Gasteiger partial charge in [-0.15, -0.1) is 6.58 Å². The van der Waals surface area contributed by atoms with Crippen molar-refractivity contribution >= 4 is 35.2 Å². The molecule has 4 N–H and O–H groups in total. The lowest BCUT2D eigenvalue weighted by molar-refractivity contribution is 0.0697. The maximum atomic E-state index is 10.9. The summed E-state index contributed by atoms with van der Waals surface area (Å²) in [5.41, 5.74) is 4.60. The number of para-hydroxylation sites is 1. The lowest BCUT2D eigenvalue weighted by Crippen LogP contribution is -2.24. The topological polar surface area (TPSA) is 94.0 Å². The first-order valence-electron chi connectivity index (χ1n) is 7.36. The van der Waals surface area contributed by atoms with E-state index in [1.54, 1.807) is 24.3 Å². The van der Waals surface area contributed by atoms with Crippen LogP contribution < -0.4 is 10.7 Å². The summed E-state index contributed by atoms with van der Waals surface area (Å²) >= 11 is 5.10. The number of carbonyl (C=O) groups is 1. The molecule has 0 amide bonds. The van der Waals surface area contributed by atoms with Crippen molar-refractivity contribution < 1.29 is 15.0 Å². The van der Waals surface area contributed by atoms with E-state index in [1.165, 1.54) is 18.3 Å². The number of carboxylic acids is 1. The number of allylic oxidation sites excluding steroid dienone is 1. The smallest absolute Gasteiger partial charge is 0.335 e. The number of carboxylic acid groups (broad SMARTS) is 1. The number of benzene rings is 2. The van der Waals surface area contributed by atoms with Crippen LogP contribution >= 0.6 is 12.2 Å². The Bertz CT molecular complexity index is 834. The number of nitrogens with zero attached hydrogens (tertiary/aromatic N) is 1. The number of aromatic carboxylic acids is 1. The molecule has 0 aliphatic carbocycles. The monoisotopic (exact) mass is 355 g/mol. The number of anilines is 1. The zero-order valence-corrected chi connectivity index (χ0v) is 14.1. The third-order valence-corrected chi connectivity index (χ3v) is 3.45. The Labute approximate surface area is 150 Å². The van der Waals surface area contributed by atoms with E-state index in [2.05, 4.69) is 22.4 Å². The number of aromatic hydroxyl groups is 1. The van der Waals surface area contributed by atoms with Gasteiger partial charge in [-0.1, -0.05) is 24.3 Å². The molecule has 0 heterocycles. The fourth-order valence-electron chi connectivity index (χ4n) is 2.09. The lowest BCUT2D eigenvalue weighted by Gasteiger charge is -2.08. The predicted molar refractivity (Wildman–Crippen MR) is 102 cm³/mol. The minimum absolute atomic E-state index is 0.140. The molecule has 0 aliphatic heterocycles. The second-order valence-electron chi connectivity index (χ2n) is 5.06. The summed E-state index contributed by atoms with van der Waals surface area (Å²) in [6, 6.07) is 11.6. The van der Waals surface area contributed by atoms with Gasteiger partial charge in [0.15, 0.2) is 5.11 Å². The quantitative estimate of drug-likeness (QED) is 0.275. The van der Waals surface area contributed by atoms with Crippen molar-refractivity contribution in [2.24, 2.45) is 5.10 Å². The number of rotatable bonds is 6. The third-order valence-electron chi connectivity index (χ3n) is 3.25. The maximum Gasteiger partial charge on any atom is 0.335 e. The van der Waals surface area contributed by atoms with Crippen LogP contribution in [-0.4, -0.2) is 27.5 Å². The average molecular weight is 355 g/mol. The molecule has 0 bridgehead atoms. The minimum Gasteiger partial charge on any atom is -0.507 e. The zero-order chi connectivity index (χ0) is 18.2. The van der Waals surface area contributed by atoms with Crippen molar-refractivity contribution in [2.75, 3.05) is 5.32 Å². The van der Waals surface area contributed by atoms with Crippen LogP contribution in [0.5, 0.6) is 5.75 Å². The Morgan fingerprint density at radius 3 is 2.76 bits per heavy atom. The summed E-state index contributed by atoms with van der Waals surface area (Å²) in [5.74, 6) is -0.878. The van der Waals surface area contributed by atoms with Gasteiger partial charge in [-0.25, -0.2) is 4.79 Å². The van der Waals surface area contributed by atoms with E-state index in [-0.39, 0.29) is 16.4 Å². The summed E-state index contributed by atoms with van der Waals surface area (Å²) < 4.78 is 0. The summed E-state index contributed by atoms with van der Waals surface area (Å²) in [5, 5.41) is 26.1. The lowest BCUT2D eigenvalue weighted by atomic mass is 10.1. The fourth-order valence-corrected chi connectivity index (χ4v) is 2.26. The molecule has 7 heteroatoms. The summed E-state index contributed by atoms with van der Waals surface area (Å²) in [4.78, 5) is 10.9. The molecule has 0 spiro atoms. The Morgan fingerprint density at radius 1 is 1.28 bits per heavy atom. The highest BCUT2D eigenvalue weighted by Crippen LogP contribution is 2.21. The highest BCUT2D eigenvalue weighted by atomic mass is 32.1. The molecule has 0 aliphatic rings. The van der Waals surface area contributed by atoms with E-state index in [9.17, 15) is 9.90 Å². The summed E-state index contributed by atoms with van der Waals surface area (Å²) in [6.07, 6.45) is 3.71. The first-order valence-corrected chi connectivity index (χ1v) is 7.77. The molecule has 0 unspecified atom stereocenters. The van der Waals surface area contributed by atoms with Crippen molar-refractivity contribution in [3.05, 3.63) is 71.8 Å². The van der Waals surface area contributed by atoms with E-state index >= 15 is 0 Å². The fraction of sp³-hybridized carbons (Fsp3) is 0.0556. The van der Waals surface area contributed by atoms with Crippen molar-refractivity contribution in [3.63, 3.8) is 0 Å². The number of thiocarbonyl (C=S) groups is 1. The van der Waals surface area contributed by atoms with Gasteiger partial charge in [0.1, 0.15) is 5.75 Å². The number of phenolic OH excluding ortho intramolecular Hbond substituents is 1. The van der Waals surface area contributed by atoms with Crippen molar-refractivity contribution in [2.45, 2.75) is 6.42 Å². The Morgan fingerprint density at radius 2 is 2.04 bits per heavy atom. The maximum absolute atomic E-state index is 10.9. The molecule has 0 saturated carbocycles. The SMILES string of the molecule is C=CCc1cccc(C=NNC(=S)Nc2cccc(C(=O)O)c2)c1O. The normalized spacial score (nSPS) is 10.4. The molecule has 128 valence electrons. The molecular formula is C18H17N3O3S. The van der Waals surface area contributed by atoms with Crippen LogP contribution in [0.25, 0.3) is 0 Å². The Kier molecular flexibility index (Phi) is 6.25. The van der Waals surface area contributed by atoms with E-state index in [1.807, 2.05) is 12.1 Å². The first kappa shape index (κ1) is 18.2. The second kappa shape index (κ2) is 8.60. The molecule has 0 fully saturated rings. The molecule has 6 nitrogen and oxygen atoms in total. The molecule has 0 radical (unpaired) electrons. The number of hydrogen-bond donors (Lipinski definition) is 4. The molecule has 2 aromatic carbocycles. The average Bonchev–Trinajstić information content (AvgIpc) is 2.58. The van der Waals surface area contributed by atoms with Gasteiger partial charge in [0.2, 0.25) is 0 Å². The van der Waals surface area contributed by atoms with Gasteiger partial charge in [-0.2, -0.15) is 5.10 Å². The molecule has 2 rings (SSSR count). The number of nitrogens with one attached hydrogen (secondary N) is 2. The van der Waals surface area contributed by atoms with Crippen molar-refractivity contribution in [3.8, 4) is 5.75 Å². The summed E-state index contributed by atoms with van der Waals surface area (Å²) in [7, 11) is 0. The van der Waals surface area contributed by atoms with Gasteiger partial charge in [-0.3, -0.25) is 5.43 Å². The van der Waals surface area contributed by atoms with Gasteiger partial charge >= 0.3 is 5.97 Å². The van der Waals surface area contributed by atoms with Crippen LogP contribution in [-0.2, 0) is 6.42 Å². The number of hydrazone groups is 1. The van der Waals surface area contributed by atoms with Crippen LogP contribution in [0.3, 0.4) is 0 Å². The number of hydrogen-bond acceptors (Lipinski definition) is 4. The molecule has 0 saturated heterocycles. The van der Waals surface area contributed by atoms with Gasteiger partial charge in [0.05, 0.1) is 11.8 Å². The van der Waals surface area contributed by atoms with Crippen LogP contribution in [0.4, 0.5) is 5.69 Å². The van der Waals surface area contributed by atoms with Crippen molar-refractivity contribution in [1.82, 2.24) is 5.43 Å². The van der Waals surface area contributed by atoms with E-state index in [0.29, 0.717) is 17.7 Å². The Hall–Kier alpha value is -3.19. The molecule has 0 atom stereocenters. The highest BCUT2D eigenvalue weighted by molar-refractivity contribution is 7.80. The van der Waals surface area contributed by atoms with E-state index < -0.39 is 5.97 Å². The van der Waals surface area contributed by atoms with Gasteiger partial charge < -0.3 is 15.5 Å². The largest absolute Gasteiger partial charge is 0.507 e. The third kappa shape index (κ3) is 5.15. The second-order valence-corrected chi connectivity index (χ2v) is 5.47. The summed E-state index contributed by atoms with van der Waals surface area (Å²) in [6.45, 7) is 3.65. The molecule has 2 aromatic rings. The van der Waals surface area contributed by atoms with E-state index in [4.69, 9.17) is 17.3 Å². The van der Waals surface area contributed by atoms with Gasteiger partial charge in [-0.05, 0) is 48.5 Å². The van der Waals surface area contributed by atoms with Crippen LogP contribution in [0.1, 0.15) is 21.5 Å². The van der Waals surface area contributed by atoms with Crippen LogP contribution in [0, 0.1) is 0 Å². The van der Waals surface area contributed by atoms with E-state index in [0.717, 1.165) is 5.56 Å². The highest BCUT2D eigenvalue weighted by Gasteiger charge is 2.05. The van der Waals surface area contributed by atoms with Crippen molar-refractivity contribution in [1.29, 1.82) is 0 Å².